The number of alkyl halides is 6. The second-order valence-electron chi connectivity index (χ2n) is 8.88. The van der Waals surface area contributed by atoms with Gasteiger partial charge >= 0.3 is 24.3 Å². The third-order valence-corrected chi connectivity index (χ3v) is 6.96. The fourth-order valence-electron chi connectivity index (χ4n) is 4.17. The predicted octanol–water partition coefficient (Wildman–Crippen LogP) is 4.24. The van der Waals surface area contributed by atoms with Crippen molar-refractivity contribution in [3.05, 3.63) is 40.6 Å². The van der Waals surface area contributed by atoms with E-state index < -0.39 is 24.3 Å². The molecule has 2 saturated heterocycles. The van der Waals surface area contributed by atoms with E-state index in [1.54, 1.807) is 11.3 Å². The third kappa shape index (κ3) is 9.97. The van der Waals surface area contributed by atoms with E-state index in [2.05, 4.69) is 50.1 Å². The number of piperidine rings is 1. The number of hydrogen-bond acceptors (Lipinski definition) is 6. The minimum absolute atomic E-state index is 0.574. The van der Waals surface area contributed by atoms with Crippen molar-refractivity contribution in [2.75, 3.05) is 26.2 Å². The molecule has 0 bridgehead atoms. The lowest BCUT2D eigenvalue weighted by Crippen LogP contribution is -2.41. The number of carboxylic acids is 2. The molecule has 0 unspecified atom stereocenters. The summed E-state index contributed by atoms with van der Waals surface area (Å²) in [6.07, 6.45) is -2.02. The van der Waals surface area contributed by atoms with Gasteiger partial charge in [0.05, 0.1) is 6.54 Å². The molecule has 8 nitrogen and oxygen atoms in total. The zero-order valence-electron chi connectivity index (χ0n) is 19.9. The van der Waals surface area contributed by atoms with Gasteiger partial charge in [0.15, 0.2) is 0 Å². The van der Waals surface area contributed by atoms with Gasteiger partial charge in [-0.2, -0.15) is 26.3 Å². The van der Waals surface area contributed by atoms with Crippen LogP contribution in [0.2, 0.25) is 0 Å². The Hall–Kier alpha value is -2.65. The van der Waals surface area contributed by atoms with Crippen LogP contribution in [0.25, 0.3) is 0 Å². The normalized spacial score (nSPS) is 18.0. The van der Waals surface area contributed by atoms with Crippen LogP contribution in [0.3, 0.4) is 0 Å². The highest BCUT2D eigenvalue weighted by atomic mass is 32.1. The molecule has 0 radical (unpaired) electrons. The van der Waals surface area contributed by atoms with Gasteiger partial charge < -0.3 is 14.8 Å². The molecule has 2 N–H and O–H groups in total. The van der Waals surface area contributed by atoms with Gasteiger partial charge in [0.2, 0.25) is 0 Å². The van der Waals surface area contributed by atoms with Crippen molar-refractivity contribution in [1.29, 1.82) is 0 Å². The average molecular weight is 559 g/mol. The van der Waals surface area contributed by atoms with Gasteiger partial charge in [-0.1, -0.05) is 0 Å². The second-order valence-corrected chi connectivity index (χ2v) is 9.86. The molecule has 37 heavy (non-hydrogen) atoms. The molecule has 15 heteroatoms. The first-order valence-electron chi connectivity index (χ1n) is 11.1. The number of carboxylic acid groups (broad SMARTS) is 2. The summed E-state index contributed by atoms with van der Waals surface area (Å²) in [5.74, 6) is -5.51. The fraction of sp³-hybridized carbons (Fsp3) is 0.591. The topological polar surface area (TPSA) is 98.9 Å². The summed E-state index contributed by atoms with van der Waals surface area (Å²) >= 11 is 1.78. The Morgan fingerprint density at radius 3 is 1.89 bits per heavy atom. The fourth-order valence-corrected chi connectivity index (χ4v) is 4.83. The molecule has 0 saturated carbocycles. The van der Waals surface area contributed by atoms with E-state index in [0.717, 1.165) is 13.1 Å². The Morgan fingerprint density at radius 1 is 0.973 bits per heavy atom. The first kappa shape index (κ1) is 30.6. The molecule has 2 aliphatic rings. The molecule has 1 spiro atoms. The highest BCUT2D eigenvalue weighted by molar-refractivity contribution is 7.09. The minimum Gasteiger partial charge on any atom is -0.475 e. The molecule has 0 atom stereocenters. The van der Waals surface area contributed by atoms with Crippen molar-refractivity contribution in [2.45, 2.75) is 44.7 Å². The van der Waals surface area contributed by atoms with Crippen molar-refractivity contribution in [2.24, 2.45) is 12.5 Å². The third-order valence-electron chi connectivity index (χ3n) is 6.20. The lowest BCUT2D eigenvalue weighted by atomic mass is 9.78. The van der Waals surface area contributed by atoms with E-state index in [0.29, 0.717) is 5.41 Å². The summed E-state index contributed by atoms with van der Waals surface area (Å²) in [5, 5.41) is 17.6. The number of rotatable bonds is 4. The number of aromatic nitrogens is 2. The highest BCUT2D eigenvalue weighted by Gasteiger charge is 2.41. The van der Waals surface area contributed by atoms with E-state index in [1.807, 2.05) is 6.20 Å². The lowest BCUT2D eigenvalue weighted by molar-refractivity contribution is -0.193. The van der Waals surface area contributed by atoms with Crippen LogP contribution in [0.15, 0.2) is 29.9 Å². The largest absolute Gasteiger partial charge is 0.490 e. The summed E-state index contributed by atoms with van der Waals surface area (Å²) in [4.78, 5) is 27.5. The Labute approximate surface area is 213 Å². The maximum absolute atomic E-state index is 10.6. The predicted molar refractivity (Wildman–Crippen MR) is 122 cm³/mol. The Balaban J connectivity index is 0.000000286. The monoisotopic (exact) mass is 558 g/mol. The van der Waals surface area contributed by atoms with Crippen molar-refractivity contribution in [3.63, 3.8) is 0 Å². The van der Waals surface area contributed by atoms with Gasteiger partial charge in [-0.05, 0) is 56.4 Å². The molecule has 0 aromatic carbocycles. The first-order valence-corrected chi connectivity index (χ1v) is 12.0. The van der Waals surface area contributed by atoms with Crippen LogP contribution in [0.4, 0.5) is 26.3 Å². The van der Waals surface area contributed by atoms with E-state index >= 15 is 0 Å². The number of hydrogen-bond donors (Lipinski definition) is 2. The second kappa shape index (κ2) is 12.7. The quantitative estimate of drug-likeness (QED) is 0.542. The van der Waals surface area contributed by atoms with E-state index in [1.165, 1.54) is 56.1 Å². The zero-order valence-corrected chi connectivity index (χ0v) is 20.7. The van der Waals surface area contributed by atoms with Crippen LogP contribution in [0, 0.1) is 5.41 Å². The van der Waals surface area contributed by atoms with E-state index in [-0.39, 0.29) is 0 Å². The Kier molecular flexibility index (Phi) is 10.5. The number of carbonyl (C=O) groups is 2. The molecule has 2 fully saturated rings. The molecule has 4 rings (SSSR count). The summed E-state index contributed by atoms with van der Waals surface area (Å²) in [5.41, 5.74) is 2.01. The van der Waals surface area contributed by atoms with Crippen LogP contribution >= 0.6 is 11.3 Å². The maximum Gasteiger partial charge on any atom is 0.490 e. The van der Waals surface area contributed by atoms with Gasteiger partial charge in [-0.25, -0.2) is 14.6 Å². The zero-order chi connectivity index (χ0) is 27.9. The molecular weight excluding hydrogens is 530 g/mol. The van der Waals surface area contributed by atoms with E-state index in [9.17, 15) is 26.3 Å². The summed E-state index contributed by atoms with van der Waals surface area (Å²) in [6.45, 7) is 7.16. The van der Waals surface area contributed by atoms with Gasteiger partial charge in [0.1, 0.15) is 5.01 Å². The van der Waals surface area contributed by atoms with Gasteiger partial charge in [-0.15, -0.1) is 11.3 Å². The van der Waals surface area contributed by atoms with Crippen LogP contribution in [0.5, 0.6) is 0 Å². The Bertz CT molecular complexity index is 978. The van der Waals surface area contributed by atoms with Crippen molar-refractivity contribution in [3.8, 4) is 0 Å². The molecule has 2 aliphatic heterocycles. The number of thiazole rings is 1. The van der Waals surface area contributed by atoms with Gasteiger partial charge in [0.25, 0.3) is 0 Å². The highest BCUT2D eigenvalue weighted by Crippen LogP contribution is 2.41. The summed E-state index contributed by atoms with van der Waals surface area (Å²) in [6, 6.07) is 4.40. The molecule has 2 aromatic heterocycles. The molecule has 0 amide bonds. The van der Waals surface area contributed by atoms with Crippen molar-refractivity contribution < 1.29 is 46.1 Å². The number of nitrogens with zero attached hydrogens (tertiary/aromatic N) is 4. The van der Waals surface area contributed by atoms with Crippen molar-refractivity contribution >= 4 is 23.3 Å². The first-order chi connectivity index (χ1) is 17.1. The van der Waals surface area contributed by atoms with Gasteiger partial charge in [-0.3, -0.25) is 9.80 Å². The molecule has 4 heterocycles. The summed E-state index contributed by atoms with van der Waals surface area (Å²) < 4.78 is 65.7. The smallest absolute Gasteiger partial charge is 0.475 e. The number of halogens is 6. The summed E-state index contributed by atoms with van der Waals surface area (Å²) in [7, 11) is 2.15. The van der Waals surface area contributed by atoms with Crippen LogP contribution in [0.1, 0.15) is 30.0 Å². The molecule has 2 aromatic rings. The van der Waals surface area contributed by atoms with Crippen LogP contribution in [-0.2, 0) is 29.7 Å². The Morgan fingerprint density at radius 2 is 1.49 bits per heavy atom. The number of aliphatic carboxylic acids is 2. The number of likely N-dealkylation sites (tertiary alicyclic amines) is 2. The maximum atomic E-state index is 10.6. The SMILES string of the molecule is Cn1cccc1CN1CCC2(CCN(Cc3nccs3)CC2)C1.O=C(O)C(F)(F)F.O=C(O)C(F)(F)F. The number of aryl methyl sites for hydroxylation is 1. The van der Waals surface area contributed by atoms with Crippen molar-refractivity contribution in [1.82, 2.24) is 19.4 Å². The van der Waals surface area contributed by atoms with E-state index in [4.69, 9.17) is 19.8 Å². The molecular formula is C22H28F6N4O4S. The lowest BCUT2D eigenvalue weighted by Gasteiger charge is -2.39. The minimum atomic E-state index is -5.08. The van der Waals surface area contributed by atoms with Crippen LogP contribution < -0.4 is 0 Å². The van der Waals surface area contributed by atoms with Crippen LogP contribution in [-0.4, -0.2) is 80.0 Å². The molecule has 0 aliphatic carbocycles. The molecule has 208 valence electrons. The van der Waals surface area contributed by atoms with Gasteiger partial charge in [0, 0.05) is 43.6 Å². The average Bonchev–Trinajstić information content (AvgIpc) is 3.53. The standard InChI is InChI=1S/C18H26N4S.2C2HF3O2/c1-20-8-2-3-16(20)13-22-11-6-18(15-22)4-9-21(10-5-18)14-17-19-7-12-23-17;2*3-2(4,5)1(6)7/h2-3,7-8,12H,4-6,9-11,13-15H2,1H3;2*(H,6,7).